The summed E-state index contributed by atoms with van der Waals surface area (Å²) in [5.41, 5.74) is 1.04. The van der Waals surface area contributed by atoms with E-state index >= 15 is 0 Å². The van der Waals surface area contributed by atoms with E-state index in [-0.39, 0.29) is 6.04 Å². The molecule has 0 spiro atoms. The van der Waals surface area contributed by atoms with E-state index in [1.54, 1.807) is 11.3 Å². The van der Waals surface area contributed by atoms with Crippen LogP contribution >= 0.6 is 38.9 Å². The summed E-state index contributed by atoms with van der Waals surface area (Å²) >= 11 is 11.1. The molecule has 1 atom stereocenters. The summed E-state index contributed by atoms with van der Waals surface area (Å²) in [5, 5.41) is 14.8. The Morgan fingerprint density at radius 1 is 1.35 bits per heavy atom. The van der Waals surface area contributed by atoms with Gasteiger partial charge >= 0.3 is 0 Å². The molecule has 0 aliphatic carbocycles. The van der Waals surface area contributed by atoms with Crippen molar-refractivity contribution in [1.82, 2.24) is 15.5 Å². The van der Waals surface area contributed by atoms with E-state index in [9.17, 15) is 0 Å². The molecule has 0 aliphatic rings. The van der Waals surface area contributed by atoms with E-state index < -0.39 is 0 Å². The van der Waals surface area contributed by atoms with Crippen molar-refractivity contribution in [1.29, 1.82) is 0 Å². The minimum absolute atomic E-state index is 0.289. The largest absolute Gasteiger partial charge is 0.308 e. The number of nitrogens with zero attached hydrogens (tertiary/aromatic N) is 2. The summed E-state index contributed by atoms with van der Waals surface area (Å²) < 4.78 is 0.879. The molecule has 0 fully saturated rings. The lowest BCUT2D eigenvalue weighted by molar-refractivity contribution is 0.513. The zero-order chi connectivity index (χ0) is 14.5. The van der Waals surface area contributed by atoms with Crippen LogP contribution in [-0.4, -0.2) is 16.7 Å². The molecule has 1 N–H and O–H groups in total. The van der Waals surface area contributed by atoms with Gasteiger partial charge in [0.2, 0.25) is 0 Å². The van der Waals surface area contributed by atoms with Crippen LogP contribution in [0.2, 0.25) is 5.02 Å². The second-order valence-corrected chi connectivity index (χ2v) is 6.76. The summed E-state index contributed by atoms with van der Waals surface area (Å²) in [4.78, 5) is 0. The molecule has 1 aromatic carbocycles. The quantitative estimate of drug-likeness (QED) is 0.767. The van der Waals surface area contributed by atoms with Gasteiger partial charge in [-0.3, -0.25) is 0 Å². The highest BCUT2D eigenvalue weighted by Gasteiger charge is 2.15. The number of hydrogen-bond acceptors (Lipinski definition) is 4. The predicted octanol–water partition coefficient (Wildman–Crippen LogP) is 5.07. The molecule has 2 rings (SSSR count). The monoisotopic (exact) mass is 373 g/mol. The zero-order valence-electron chi connectivity index (χ0n) is 11.5. The number of halogens is 2. The van der Waals surface area contributed by atoms with Crippen molar-refractivity contribution < 1.29 is 0 Å². The Bertz CT molecular complexity index is 573. The van der Waals surface area contributed by atoms with E-state index in [0.29, 0.717) is 5.02 Å². The van der Waals surface area contributed by atoms with Gasteiger partial charge in [0.25, 0.3) is 0 Å². The molecule has 1 unspecified atom stereocenters. The van der Waals surface area contributed by atoms with E-state index in [0.717, 1.165) is 39.4 Å². The first kappa shape index (κ1) is 15.9. The molecule has 0 bridgehead atoms. The molecule has 1 aromatic heterocycles. The lowest BCUT2D eigenvalue weighted by Gasteiger charge is -2.12. The molecule has 0 saturated carbocycles. The minimum Gasteiger partial charge on any atom is -0.308 e. The second-order valence-electron chi connectivity index (χ2n) is 4.49. The van der Waals surface area contributed by atoms with Gasteiger partial charge in [0.05, 0.1) is 11.1 Å². The average Bonchev–Trinajstić information content (AvgIpc) is 2.92. The zero-order valence-corrected chi connectivity index (χ0v) is 14.6. The van der Waals surface area contributed by atoms with Gasteiger partial charge in [0.15, 0.2) is 0 Å². The molecule has 0 amide bonds. The lowest BCUT2D eigenvalue weighted by atomic mass is 10.2. The molecule has 0 radical (unpaired) electrons. The third kappa shape index (κ3) is 3.79. The van der Waals surface area contributed by atoms with Gasteiger partial charge in [-0.25, -0.2) is 0 Å². The average molecular weight is 375 g/mol. The molecule has 2 aromatic rings. The number of rotatable bonds is 6. The smallest absolute Gasteiger partial charge is 0.147 e. The summed E-state index contributed by atoms with van der Waals surface area (Å²) in [6.45, 7) is 5.32. The van der Waals surface area contributed by atoms with Crippen molar-refractivity contribution in [2.24, 2.45) is 0 Å². The van der Waals surface area contributed by atoms with E-state index in [1.807, 2.05) is 18.2 Å². The van der Waals surface area contributed by atoms with Gasteiger partial charge < -0.3 is 5.32 Å². The van der Waals surface area contributed by atoms with Crippen LogP contribution in [0.4, 0.5) is 0 Å². The van der Waals surface area contributed by atoms with E-state index in [1.165, 1.54) is 0 Å². The molecule has 0 aliphatic heterocycles. The predicted molar refractivity (Wildman–Crippen MR) is 89.4 cm³/mol. The van der Waals surface area contributed by atoms with Gasteiger partial charge in [0, 0.05) is 10.0 Å². The number of hydrogen-bond donors (Lipinski definition) is 1. The Labute approximate surface area is 136 Å². The van der Waals surface area contributed by atoms with E-state index in [4.69, 9.17) is 11.6 Å². The first-order valence-electron chi connectivity index (χ1n) is 6.67. The fourth-order valence-corrected chi connectivity index (χ4v) is 3.34. The van der Waals surface area contributed by atoms with Gasteiger partial charge in [-0.2, -0.15) is 0 Å². The summed E-state index contributed by atoms with van der Waals surface area (Å²) in [7, 11) is 0. The summed E-state index contributed by atoms with van der Waals surface area (Å²) in [6, 6.07) is 6.11. The Morgan fingerprint density at radius 3 is 2.80 bits per heavy atom. The first-order valence-corrected chi connectivity index (χ1v) is 8.66. The van der Waals surface area contributed by atoms with Crippen molar-refractivity contribution in [2.75, 3.05) is 6.54 Å². The summed E-state index contributed by atoms with van der Waals surface area (Å²) in [5.74, 6) is 0. The van der Waals surface area contributed by atoms with Crippen LogP contribution in [-0.2, 0) is 0 Å². The van der Waals surface area contributed by atoms with Crippen molar-refractivity contribution in [3.63, 3.8) is 0 Å². The summed E-state index contributed by atoms with van der Waals surface area (Å²) in [6.07, 6.45) is 2.13. The van der Waals surface area contributed by atoms with Crippen LogP contribution in [0, 0.1) is 0 Å². The minimum atomic E-state index is 0.289. The molecule has 1 heterocycles. The highest BCUT2D eigenvalue weighted by atomic mass is 79.9. The molecule has 108 valence electrons. The van der Waals surface area contributed by atoms with Gasteiger partial charge in [0.1, 0.15) is 10.0 Å². The van der Waals surface area contributed by atoms with E-state index in [2.05, 4.69) is 45.3 Å². The molecular formula is C14H17BrClN3S. The maximum absolute atomic E-state index is 6.01. The van der Waals surface area contributed by atoms with Gasteiger partial charge in [-0.1, -0.05) is 42.9 Å². The normalized spacial score (nSPS) is 12.6. The molecule has 3 nitrogen and oxygen atoms in total. The van der Waals surface area contributed by atoms with Gasteiger partial charge in [-0.15, -0.1) is 10.2 Å². The van der Waals surface area contributed by atoms with Crippen LogP contribution in [0.3, 0.4) is 0 Å². The number of aromatic nitrogens is 2. The van der Waals surface area contributed by atoms with Crippen molar-refractivity contribution >= 4 is 38.9 Å². The van der Waals surface area contributed by atoms with Crippen molar-refractivity contribution in [3.8, 4) is 10.6 Å². The lowest BCUT2D eigenvalue weighted by Crippen LogP contribution is -2.21. The maximum Gasteiger partial charge on any atom is 0.147 e. The third-order valence-electron chi connectivity index (χ3n) is 2.95. The van der Waals surface area contributed by atoms with Crippen molar-refractivity contribution in [3.05, 3.63) is 32.7 Å². The van der Waals surface area contributed by atoms with Crippen molar-refractivity contribution in [2.45, 2.75) is 32.7 Å². The Hall–Kier alpha value is -0.490. The highest BCUT2D eigenvalue weighted by molar-refractivity contribution is 9.10. The first-order chi connectivity index (χ1) is 9.65. The number of nitrogens with one attached hydrogen (secondary N) is 1. The van der Waals surface area contributed by atoms with Crippen LogP contribution in [0.5, 0.6) is 0 Å². The SMILES string of the molecule is CCCNC(CC)c1nnc(-c2ccc(Cl)c(Br)c2)s1. The Kier molecular flexibility index (Phi) is 5.96. The van der Waals surface area contributed by atoms with Crippen LogP contribution in [0.25, 0.3) is 10.6 Å². The molecular weight excluding hydrogens is 358 g/mol. The second kappa shape index (κ2) is 7.50. The molecule has 20 heavy (non-hydrogen) atoms. The standard InChI is InChI=1S/C14H17BrClN3S/c1-3-7-17-12(4-2)14-19-18-13(20-14)9-5-6-11(16)10(15)8-9/h5-6,8,12,17H,3-4,7H2,1-2H3. The van der Waals surface area contributed by atoms with Crippen LogP contribution in [0.1, 0.15) is 37.7 Å². The fraction of sp³-hybridized carbons (Fsp3) is 0.429. The molecule has 6 heteroatoms. The van der Waals surface area contributed by atoms with Crippen LogP contribution < -0.4 is 5.32 Å². The number of benzene rings is 1. The topological polar surface area (TPSA) is 37.8 Å². The maximum atomic E-state index is 6.01. The van der Waals surface area contributed by atoms with Crippen LogP contribution in [0.15, 0.2) is 22.7 Å². The Balaban J connectivity index is 2.20. The molecule has 0 saturated heterocycles. The fourth-order valence-electron chi connectivity index (χ4n) is 1.85. The van der Waals surface area contributed by atoms with Gasteiger partial charge in [-0.05, 0) is 47.4 Å². The highest BCUT2D eigenvalue weighted by Crippen LogP contribution is 2.32. The Morgan fingerprint density at radius 2 is 2.15 bits per heavy atom. The third-order valence-corrected chi connectivity index (χ3v) is 5.25.